The first kappa shape index (κ1) is 18.6. The Morgan fingerprint density at radius 3 is 2.58 bits per heavy atom. The number of benzene rings is 1. The van der Waals surface area contributed by atoms with Crippen LogP contribution in [0.5, 0.6) is 0 Å². The van der Waals surface area contributed by atoms with E-state index in [0.717, 1.165) is 30.2 Å². The normalized spacial score (nSPS) is 14.8. The van der Waals surface area contributed by atoms with Gasteiger partial charge in [0.05, 0.1) is 13.7 Å². The van der Waals surface area contributed by atoms with E-state index in [2.05, 4.69) is 25.7 Å². The molecule has 0 unspecified atom stereocenters. The number of halogens is 1. The van der Waals surface area contributed by atoms with Crippen LogP contribution in [0.25, 0.3) is 0 Å². The maximum absolute atomic E-state index is 13.1. The summed E-state index contributed by atoms with van der Waals surface area (Å²) in [6, 6.07) is 7.46. The number of hydrogen-bond acceptors (Lipinski definition) is 5. The summed E-state index contributed by atoms with van der Waals surface area (Å²) in [6.45, 7) is 0.233. The molecule has 0 saturated heterocycles. The molecule has 0 radical (unpaired) electrons. The number of methoxy groups -OCH3 is 1. The summed E-state index contributed by atoms with van der Waals surface area (Å²) in [5.74, 6) is -0.271. The van der Waals surface area contributed by atoms with Crippen molar-refractivity contribution in [2.45, 2.75) is 44.7 Å². The van der Waals surface area contributed by atoms with E-state index in [1.54, 1.807) is 12.1 Å². The molecule has 1 fully saturated rings. The fourth-order valence-electron chi connectivity index (χ4n) is 3.25. The first-order chi connectivity index (χ1) is 12.6. The lowest BCUT2D eigenvalue weighted by Gasteiger charge is -2.33. The van der Waals surface area contributed by atoms with E-state index >= 15 is 0 Å². The van der Waals surface area contributed by atoms with E-state index in [-0.39, 0.29) is 24.2 Å². The second-order valence-electron chi connectivity index (χ2n) is 6.35. The molecule has 0 bridgehead atoms. The Labute approximate surface area is 160 Å². The molecule has 0 spiro atoms. The molecular weight excluding hydrogens is 400 g/mol. The molecule has 1 heterocycles. The van der Waals surface area contributed by atoms with E-state index in [1.807, 2.05) is 17.0 Å². The molecule has 1 aliphatic rings. The van der Waals surface area contributed by atoms with Crippen LogP contribution in [0.2, 0.25) is 0 Å². The largest absolute Gasteiger partial charge is 0.464 e. The predicted molar refractivity (Wildman–Crippen MR) is 98.7 cm³/mol. The van der Waals surface area contributed by atoms with Gasteiger partial charge >= 0.3 is 5.97 Å². The summed E-state index contributed by atoms with van der Waals surface area (Å²) in [7, 11) is 1.29. The molecule has 1 aromatic heterocycles. The fraction of sp³-hybridized carbons (Fsp3) is 0.421. The number of carbonyl (C=O) groups excluding carboxylic acids is 2. The maximum atomic E-state index is 13.1. The van der Waals surface area contributed by atoms with Crippen molar-refractivity contribution in [3.8, 4) is 0 Å². The SMILES string of the molecule is COC(=O)c1coc(CN(C(=O)c2ccc(Br)cc2)C2CCCCC2)n1. The first-order valence-electron chi connectivity index (χ1n) is 8.67. The minimum atomic E-state index is -0.552. The molecule has 6 nitrogen and oxygen atoms in total. The Kier molecular flexibility index (Phi) is 6.08. The van der Waals surface area contributed by atoms with Crippen molar-refractivity contribution >= 4 is 27.8 Å². The van der Waals surface area contributed by atoms with Crippen LogP contribution in [0.4, 0.5) is 0 Å². The zero-order chi connectivity index (χ0) is 18.5. The van der Waals surface area contributed by atoms with Crippen LogP contribution in [-0.2, 0) is 11.3 Å². The van der Waals surface area contributed by atoms with Gasteiger partial charge in [-0.2, -0.15) is 0 Å². The molecule has 2 aromatic rings. The summed E-state index contributed by atoms with van der Waals surface area (Å²) in [5.41, 5.74) is 0.737. The maximum Gasteiger partial charge on any atom is 0.360 e. The van der Waals surface area contributed by atoms with Gasteiger partial charge in [0.2, 0.25) is 5.89 Å². The molecule has 138 valence electrons. The van der Waals surface area contributed by atoms with Crippen molar-refractivity contribution in [2.24, 2.45) is 0 Å². The number of aromatic nitrogens is 1. The highest BCUT2D eigenvalue weighted by Gasteiger charge is 2.28. The Hall–Kier alpha value is -2.15. The van der Waals surface area contributed by atoms with Gasteiger partial charge in [0, 0.05) is 16.1 Å². The Balaban J connectivity index is 1.83. The van der Waals surface area contributed by atoms with E-state index < -0.39 is 5.97 Å². The second kappa shape index (κ2) is 8.49. The topological polar surface area (TPSA) is 72.6 Å². The third-order valence-corrected chi connectivity index (χ3v) is 5.15. The Bertz CT molecular complexity index is 766. The smallest absolute Gasteiger partial charge is 0.360 e. The molecule has 7 heteroatoms. The summed E-state index contributed by atoms with van der Waals surface area (Å²) < 4.78 is 11.0. The summed E-state index contributed by atoms with van der Waals surface area (Å²) in [5, 5.41) is 0. The van der Waals surface area contributed by atoms with E-state index in [0.29, 0.717) is 11.5 Å². The predicted octanol–water partition coefficient (Wildman–Crippen LogP) is 4.20. The van der Waals surface area contributed by atoms with Gasteiger partial charge in [0.25, 0.3) is 5.91 Å². The number of amides is 1. The van der Waals surface area contributed by atoms with Crippen LogP contribution in [0.1, 0.15) is 58.8 Å². The molecular formula is C19H21BrN2O4. The lowest BCUT2D eigenvalue weighted by molar-refractivity contribution is 0.0590. The standard InChI is InChI=1S/C19H21BrN2O4/c1-25-19(24)16-12-26-17(21-16)11-22(15-5-3-2-4-6-15)18(23)13-7-9-14(20)10-8-13/h7-10,12,15H,2-6,11H2,1H3. The van der Waals surface area contributed by atoms with Crippen molar-refractivity contribution in [2.75, 3.05) is 7.11 Å². The van der Waals surface area contributed by atoms with Crippen LogP contribution in [-0.4, -0.2) is 34.9 Å². The van der Waals surface area contributed by atoms with Crippen LogP contribution in [0.15, 0.2) is 39.4 Å². The highest BCUT2D eigenvalue weighted by atomic mass is 79.9. The Morgan fingerprint density at radius 1 is 1.23 bits per heavy atom. The number of carbonyl (C=O) groups is 2. The molecule has 1 aromatic carbocycles. The molecule has 0 aliphatic heterocycles. The molecule has 3 rings (SSSR count). The van der Waals surface area contributed by atoms with E-state index in [4.69, 9.17) is 4.42 Å². The summed E-state index contributed by atoms with van der Waals surface area (Å²) in [6.07, 6.45) is 6.61. The molecule has 26 heavy (non-hydrogen) atoms. The van der Waals surface area contributed by atoms with E-state index in [1.165, 1.54) is 19.8 Å². The van der Waals surface area contributed by atoms with Crippen LogP contribution >= 0.6 is 15.9 Å². The molecule has 0 N–H and O–H groups in total. The van der Waals surface area contributed by atoms with Crippen LogP contribution in [0, 0.1) is 0 Å². The van der Waals surface area contributed by atoms with Crippen LogP contribution in [0.3, 0.4) is 0 Å². The van der Waals surface area contributed by atoms with Crippen molar-refractivity contribution in [3.63, 3.8) is 0 Å². The van der Waals surface area contributed by atoms with Gasteiger partial charge < -0.3 is 14.1 Å². The summed E-state index contributed by atoms with van der Waals surface area (Å²) in [4.78, 5) is 30.7. The van der Waals surface area contributed by atoms with Crippen LogP contribution < -0.4 is 0 Å². The average molecular weight is 421 g/mol. The van der Waals surface area contributed by atoms with Gasteiger partial charge in [0.1, 0.15) is 6.26 Å². The molecule has 1 saturated carbocycles. The monoisotopic (exact) mass is 420 g/mol. The van der Waals surface area contributed by atoms with Gasteiger partial charge in [-0.25, -0.2) is 9.78 Å². The minimum Gasteiger partial charge on any atom is -0.464 e. The average Bonchev–Trinajstić information content (AvgIpc) is 3.15. The molecule has 0 atom stereocenters. The van der Waals surface area contributed by atoms with Gasteiger partial charge in [-0.1, -0.05) is 35.2 Å². The van der Waals surface area contributed by atoms with Gasteiger partial charge in [-0.15, -0.1) is 0 Å². The van der Waals surface area contributed by atoms with Gasteiger partial charge in [-0.3, -0.25) is 4.79 Å². The number of nitrogens with zero attached hydrogens (tertiary/aromatic N) is 2. The lowest BCUT2D eigenvalue weighted by Crippen LogP contribution is -2.41. The fourth-order valence-corrected chi connectivity index (χ4v) is 3.51. The van der Waals surface area contributed by atoms with Crippen molar-refractivity contribution in [1.29, 1.82) is 0 Å². The highest BCUT2D eigenvalue weighted by Crippen LogP contribution is 2.26. The number of ether oxygens (including phenoxy) is 1. The van der Waals surface area contributed by atoms with Crippen molar-refractivity contribution in [1.82, 2.24) is 9.88 Å². The second-order valence-corrected chi connectivity index (χ2v) is 7.27. The number of rotatable bonds is 5. The van der Waals surface area contributed by atoms with Crippen molar-refractivity contribution < 1.29 is 18.7 Å². The van der Waals surface area contributed by atoms with Gasteiger partial charge in [0.15, 0.2) is 5.69 Å². The number of esters is 1. The van der Waals surface area contributed by atoms with Crippen molar-refractivity contribution in [3.05, 3.63) is 52.1 Å². The molecule has 1 aliphatic carbocycles. The number of hydrogen-bond donors (Lipinski definition) is 0. The highest BCUT2D eigenvalue weighted by molar-refractivity contribution is 9.10. The zero-order valence-corrected chi connectivity index (χ0v) is 16.2. The molecule has 1 amide bonds. The number of oxazole rings is 1. The zero-order valence-electron chi connectivity index (χ0n) is 14.6. The minimum absolute atomic E-state index is 0.0535. The van der Waals surface area contributed by atoms with Gasteiger partial charge in [-0.05, 0) is 37.1 Å². The summed E-state index contributed by atoms with van der Waals surface area (Å²) >= 11 is 3.39. The van der Waals surface area contributed by atoms with E-state index in [9.17, 15) is 9.59 Å². The Morgan fingerprint density at radius 2 is 1.92 bits per heavy atom. The third-order valence-electron chi connectivity index (χ3n) is 4.62. The third kappa shape index (κ3) is 4.33. The first-order valence-corrected chi connectivity index (χ1v) is 9.47. The lowest BCUT2D eigenvalue weighted by atomic mass is 9.93. The quantitative estimate of drug-likeness (QED) is 0.677.